The first-order chi connectivity index (χ1) is 17.5. The van der Waals surface area contributed by atoms with Crippen molar-refractivity contribution < 1.29 is 18.0 Å². The molecule has 1 amide bonds. The summed E-state index contributed by atoms with van der Waals surface area (Å²) in [6, 6.07) is 11.5. The Morgan fingerprint density at radius 1 is 1.00 bits per heavy atom. The number of pyridine rings is 1. The summed E-state index contributed by atoms with van der Waals surface area (Å²) >= 11 is 0. The fourth-order valence-electron chi connectivity index (χ4n) is 2.93. The molecule has 0 aliphatic heterocycles. The Labute approximate surface area is 209 Å². The second kappa shape index (κ2) is 13.5. The molecule has 3 rings (SSSR count). The number of sulfonamides is 1. The van der Waals surface area contributed by atoms with Gasteiger partial charge in [-0.15, -0.1) is 0 Å². The Kier molecular flexibility index (Phi) is 9.87. The van der Waals surface area contributed by atoms with Crippen LogP contribution in [0.25, 0.3) is 0 Å². The molecule has 2 aromatic heterocycles. The van der Waals surface area contributed by atoms with E-state index in [1.54, 1.807) is 42.6 Å². The highest BCUT2D eigenvalue weighted by Crippen LogP contribution is 2.18. The zero-order valence-corrected chi connectivity index (χ0v) is 20.1. The fourth-order valence-corrected chi connectivity index (χ4v) is 3.90. The first-order valence-corrected chi connectivity index (χ1v) is 12.5. The van der Waals surface area contributed by atoms with Crippen molar-refractivity contribution in [1.29, 1.82) is 0 Å². The fraction of sp³-hybridized carbons (Fsp3) is 0.208. The van der Waals surface area contributed by atoms with Crippen LogP contribution < -0.4 is 20.7 Å². The van der Waals surface area contributed by atoms with Crippen molar-refractivity contribution >= 4 is 40.2 Å². The average molecular weight is 508 g/mol. The molecule has 0 aliphatic carbocycles. The number of anilines is 3. The second-order valence-corrected chi connectivity index (χ2v) is 9.01. The highest BCUT2D eigenvalue weighted by atomic mass is 32.2. The van der Waals surface area contributed by atoms with Crippen LogP contribution in [0.2, 0.25) is 0 Å². The van der Waals surface area contributed by atoms with E-state index in [1.807, 2.05) is 0 Å². The molecule has 36 heavy (non-hydrogen) atoms. The summed E-state index contributed by atoms with van der Waals surface area (Å²) in [4.78, 5) is 34.1. The maximum absolute atomic E-state index is 12.2. The molecule has 186 valence electrons. The molecule has 1 aromatic carbocycles. The lowest BCUT2D eigenvalue weighted by atomic mass is 10.2. The zero-order chi connectivity index (χ0) is 25.6. The molecule has 0 saturated carbocycles. The van der Waals surface area contributed by atoms with E-state index in [0.717, 1.165) is 6.29 Å². The number of rotatable bonds is 13. The van der Waals surface area contributed by atoms with Crippen molar-refractivity contribution in [3.8, 4) is 11.8 Å². The van der Waals surface area contributed by atoms with Gasteiger partial charge in [-0.05, 0) is 30.7 Å². The number of carbonyl (C=O) groups excluding carboxylic acids is 2. The molecule has 4 N–H and O–H groups in total. The van der Waals surface area contributed by atoms with E-state index in [0.29, 0.717) is 54.5 Å². The summed E-state index contributed by atoms with van der Waals surface area (Å²) in [5, 5.41) is 8.78. The first-order valence-electron chi connectivity index (χ1n) is 11.0. The van der Waals surface area contributed by atoms with E-state index >= 15 is 0 Å². The minimum atomic E-state index is -3.70. The maximum atomic E-state index is 12.2. The topological polar surface area (TPSA) is 155 Å². The molecular formula is C24H25N7O4S. The minimum Gasteiger partial charge on any atom is -0.369 e. The van der Waals surface area contributed by atoms with E-state index in [2.05, 4.69) is 47.5 Å². The molecule has 0 saturated heterocycles. The van der Waals surface area contributed by atoms with Crippen LogP contribution in [-0.4, -0.2) is 55.7 Å². The van der Waals surface area contributed by atoms with Crippen molar-refractivity contribution in [3.63, 3.8) is 0 Å². The molecule has 0 unspecified atom stereocenters. The van der Waals surface area contributed by atoms with Gasteiger partial charge in [0.15, 0.2) is 5.03 Å². The maximum Gasteiger partial charge on any atom is 0.258 e. The van der Waals surface area contributed by atoms with Crippen molar-refractivity contribution in [2.24, 2.45) is 0 Å². The number of nitrogens with one attached hydrogen (secondary N) is 4. The number of carbonyl (C=O) groups is 2. The summed E-state index contributed by atoms with van der Waals surface area (Å²) in [5.41, 5.74) is 1.69. The number of nitrogens with zero attached hydrogens (tertiary/aromatic N) is 3. The number of aldehydes is 1. The third-order valence-electron chi connectivity index (χ3n) is 4.62. The number of amides is 1. The molecule has 0 atom stereocenters. The summed E-state index contributed by atoms with van der Waals surface area (Å²) in [6.45, 7) is 1.14. The highest BCUT2D eigenvalue weighted by molar-refractivity contribution is 7.89. The second-order valence-electron chi connectivity index (χ2n) is 7.29. The van der Waals surface area contributed by atoms with E-state index < -0.39 is 10.0 Å². The van der Waals surface area contributed by atoms with Gasteiger partial charge in [0, 0.05) is 43.5 Å². The highest BCUT2D eigenvalue weighted by Gasteiger charge is 2.13. The summed E-state index contributed by atoms with van der Waals surface area (Å²) in [5.74, 6) is 6.68. The summed E-state index contributed by atoms with van der Waals surface area (Å²) in [7, 11) is -3.70. The third-order valence-corrected chi connectivity index (χ3v) is 6.00. The van der Waals surface area contributed by atoms with Crippen LogP contribution in [0.4, 0.5) is 17.5 Å². The Balaban J connectivity index is 1.67. The molecule has 2 heterocycles. The van der Waals surface area contributed by atoms with Crippen LogP contribution in [0.3, 0.4) is 0 Å². The van der Waals surface area contributed by atoms with Gasteiger partial charge in [-0.2, -0.15) is 4.98 Å². The van der Waals surface area contributed by atoms with Gasteiger partial charge < -0.3 is 16.0 Å². The number of benzene rings is 1. The molecule has 0 aliphatic rings. The predicted molar refractivity (Wildman–Crippen MR) is 135 cm³/mol. The van der Waals surface area contributed by atoms with Gasteiger partial charge in [-0.25, -0.2) is 23.1 Å². The SMILES string of the molecule is O=CNCCCNc1nc(Nc2cccc(C=O)c2)ncc1C#CCCNS(=O)(=O)c1ccccn1. The van der Waals surface area contributed by atoms with Crippen molar-refractivity contribution in [1.82, 2.24) is 25.0 Å². The minimum absolute atomic E-state index is 0.0521. The molecule has 12 heteroatoms. The van der Waals surface area contributed by atoms with Crippen molar-refractivity contribution in [3.05, 3.63) is 66.0 Å². The Hall–Kier alpha value is -4.34. The molecule has 0 fully saturated rings. The van der Waals surface area contributed by atoms with Crippen molar-refractivity contribution in [2.45, 2.75) is 17.9 Å². The van der Waals surface area contributed by atoms with Crippen LogP contribution in [0.1, 0.15) is 28.8 Å². The number of aromatic nitrogens is 3. The number of hydrogen-bond acceptors (Lipinski definition) is 9. The Bertz CT molecular complexity index is 1340. The van der Waals surface area contributed by atoms with Crippen LogP contribution >= 0.6 is 0 Å². The van der Waals surface area contributed by atoms with Gasteiger partial charge in [0.2, 0.25) is 12.4 Å². The Morgan fingerprint density at radius 3 is 2.67 bits per heavy atom. The molecule has 0 radical (unpaired) electrons. The molecule has 3 aromatic rings. The smallest absolute Gasteiger partial charge is 0.258 e. The van der Waals surface area contributed by atoms with Gasteiger partial charge in [-0.3, -0.25) is 9.59 Å². The van der Waals surface area contributed by atoms with E-state index in [1.165, 1.54) is 12.3 Å². The summed E-state index contributed by atoms with van der Waals surface area (Å²) < 4.78 is 26.9. The van der Waals surface area contributed by atoms with E-state index in [-0.39, 0.29) is 18.0 Å². The predicted octanol–water partition coefficient (Wildman–Crippen LogP) is 1.70. The van der Waals surface area contributed by atoms with Crippen LogP contribution in [0, 0.1) is 11.8 Å². The van der Waals surface area contributed by atoms with Gasteiger partial charge in [0.1, 0.15) is 12.1 Å². The molecular weight excluding hydrogens is 482 g/mol. The normalized spacial score (nSPS) is 10.6. The monoisotopic (exact) mass is 507 g/mol. The first kappa shape index (κ1) is 26.3. The standard InChI is InChI=1S/C24H25N7O4S/c32-17-19-7-5-9-21(15-19)30-24-28-16-20(23(31-24)27-13-6-11-25-18-33)8-1-4-14-29-36(34,35)22-10-2-3-12-26-22/h2-3,5,7,9-10,12,15-18,29H,4,6,11,13-14H2,(H,25,33)(H2,27,28,30,31). The largest absolute Gasteiger partial charge is 0.369 e. The quantitative estimate of drug-likeness (QED) is 0.154. The third kappa shape index (κ3) is 8.15. The molecule has 0 spiro atoms. The number of hydrogen-bond donors (Lipinski definition) is 4. The average Bonchev–Trinajstić information content (AvgIpc) is 2.90. The lowest BCUT2D eigenvalue weighted by molar-refractivity contribution is -0.109. The van der Waals surface area contributed by atoms with Crippen LogP contribution in [0.15, 0.2) is 59.9 Å². The summed E-state index contributed by atoms with van der Waals surface area (Å²) in [6.07, 6.45) is 5.27. The van der Waals surface area contributed by atoms with Gasteiger partial charge in [-0.1, -0.05) is 30.0 Å². The van der Waals surface area contributed by atoms with Gasteiger partial charge >= 0.3 is 0 Å². The Morgan fingerprint density at radius 2 is 1.89 bits per heavy atom. The van der Waals surface area contributed by atoms with E-state index in [9.17, 15) is 18.0 Å². The zero-order valence-electron chi connectivity index (χ0n) is 19.3. The molecule has 11 nitrogen and oxygen atoms in total. The van der Waals surface area contributed by atoms with E-state index in [4.69, 9.17) is 0 Å². The van der Waals surface area contributed by atoms with Gasteiger partial charge in [0.05, 0.1) is 11.8 Å². The lowest BCUT2D eigenvalue weighted by Gasteiger charge is -2.11. The lowest BCUT2D eigenvalue weighted by Crippen LogP contribution is -2.25. The van der Waals surface area contributed by atoms with Crippen molar-refractivity contribution in [2.75, 3.05) is 30.3 Å². The molecule has 0 bridgehead atoms. The van der Waals surface area contributed by atoms with Crippen LogP contribution in [-0.2, 0) is 14.8 Å². The van der Waals surface area contributed by atoms with Crippen LogP contribution in [0.5, 0.6) is 0 Å². The van der Waals surface area contributed by atoms with Gasteiger partial charge in [0.25, 0.3) is 10.0 Å².